The summed E-state index contributed by atoms with van der Waals surface area (Å²) in [4.78, 5) is 19.5. The van der Waals surface area contributed by atoms with E-state index in [0.717, 1.165) is 5.69 Å². The van der Waals surface area contributed by atoms with E-state index in [0.29, 0.717) is 22.4 Å². The molecule has 0 spiro atoms. The first-order valence-electron chi connectivity index (χ1n) is 7.05. The van der Waals surface area contributed by atoms with Gasteiger partial charge in [0.15, 0.2) is 5.65 Å². The average molecular weight is 304 g/mol. The van der Waals surface area contributed by atoms with Crippen molar-refractivity contribution in [3.63, 3.8) is 0 Å². The van der Waals surface area contributed by atoms with Gasteiger partial charge < -0.3 is 10.1 Å². The molecule has 0 saturated heterocycles. The van der Waals surface area contributed by atoms with Gasteiger partial charge in [0.1, 0.15) is 17.0 Å². The van der Waals surface area contributed by atoms with E-state index in [1.54, 1.807) is 28.9 Å². The predicted molar refractivity (Wildman–Crippen MR) is 86.6 cm³/mol. The predicted octanol–water partition coefficient (Wildman–Crippen LogP) is 2.48. The number of benzene rings is 2. The number of nitrogens with zero attached hydrogens (tertiary/aromatic N) is 3. The highest BCUT2D eigenvalue weighted by molar-refractivity contribution is 5.77. The summed E-state index contributed by atoms with van der Waals surface area (Å²) in [7, 11) is 0. The van der Waals surface area contributed by atoms with E-state index < -0.39 is 0 Å². The molecule has 0 radical (unpaired) electrons. The van der Waals surface area contributed by atoms with Crippen molar-refractivity contribution in [2.45, 2.75) is 0 Å². The number of fused-ring (bicyclic) bond motifs is 1. The number of aromatic nitrogens is 4. The van der Waals surface area contributed by atoms with Crippen molar-refractivity contribution in [3.05, 3.63) is 71.1 Å². The van der Waals surface area contributed by atoms with Crippen LogP contribution in [0.3, 0.4) is 0 Å². The Labute approximate surface area is 130 Å². The molecule has 0 fully saturated rings. The first kappa shape index (κ1) is 13.3. The smallest absolute Gasteiger partial charge is 0.262 e. The van der Waals surface area contributed by atoms with E-state index in [1.165, 1.54) is 6.20 Å². The molecule has 23 heavy (non-hydrogen) atoms. The minimum absolute atomic E-state index is 0.113. The molecular weight excluding hydrogens is 292 g/mol. The zero-order valence-corrected chi connectivity index (χ0v) is 12.0. The number of hydrogen-bond acceptors (Lipinski definition) is 4. The van der Waals surface area contributed by atoms with E-state index >= 15 is 0 Å². The maximum Gasteiger partial charge on any atom is 0.262 e. The third-order valence-electron chi connectivity index (χ3n) is 3.56. The number of phenols is 1. The molecule has 2 aromatic carbocycles. The van der Waals surface area contributed by atoms with Gasteiger partial charge in [0.2, 0.25) is 0 Å². The van der Waals surface area contributed by atoms with Crippen LogP contribution in [0.4, 0.5) is 0 Å². The highest BCUT2D eigenvalue weighted by Gasteiger charge is 2.12. The molecule has 6 nitrogen and oxygen atoms in total. The lowest BCUT2D eigenvalue weighted by atomic mass is 10.2. The van der Waals surface area contributed by atoms with Crippen molar-refractivity contribution in [2.75, 3.05) is 0 Å². The zero-order valence-electron chi connectivity index (χ0n) is 12.0. The van der Waals surface area contributed by atoms with E-state index in [4.69, 9.17) is 0 Å². The van der Waals surface area contributed by atoms with Crippen molar-refractivity contribution in [2.24, 2.45) is 0 Å². The van der Waals surface area contributed by atoms with Crippen LogP contribution in [0.1, 0.15) is 0 Å². The largest absolute Gasteiger partial charge is 0.508 e. The summed E-state index contributed by atoms with van der Waals surface area (Å²) < 4.78 is 1.62. The zero-order chi connectivity index (χ0) is 15.8. The molecule has 0 unspecified atom stereocenters. The number of aromatic amines is 1. The van der Waals surface area contributed by atoms with E-state index in [2.05, 4.69) is 15.1 Å². The molecule has 4 rings (SSSR count). The molecule has 0 saturated carbocycles. The number of nitrogens with one attached hydrogen (secondary N) is 1. The Kier molecular flexibility index (Phi) is 2.94. The summed E-state index contributed by atoms with van der Waals surface area (Å²) in [5.41, 5.74) is 1.65. The van der Waals surface area contributed by atoms with Crippen molar-refractivity contribution in [1.29, 1.82) is 0 Å². The maximum absolute atomic E-state index is 12.3. The van der Waals surface area contributed by atoms with Crippen LogP contribution in [-0.2, 0) is 0 Å². The lowest BCUT2D eigenvalue weighted by Gasteiger charge is -2.05. The number of rotatable bonds is 2. The minimum atomic E-state index is -0.268. The fraction of sp³-hybridized carbons (Fsp3) is 0. The molecule has 0 aliphatic carbocycles. The Bertz CT molecular complexity index is 1050. The van der Waals surface area contributed by atoms with E-state index in [-0.39, 0.29) is 11.3 Å². The van der Waals surface area contributed by atoms with Gasteiger partial charge in [-0.05, 0) is 24.3 Å². The van der Waals surface area contributed by atoms with Crippen LogP contribution in [0.5, 0.6) is 5.75 Å². The summed E-state index contributed by atoms with van der Waals surface area (Å²) in [5.74, 6) is 0.498. The Morgan fingerprint density at radius 2 is 1.87 bits per heavy atom. The molecule has 0 bridgehead atoms. The molecule has 4 aromatic rings. The molecule has 0 aliphatic heterocycles. The SMILES string of the molecule is O=c1[nH]c(-c2cccc(O)c2)nc2c1cnn2-c1ccccc1. The third kappa shape index (κ3) is 2.26. The number of aromatic hydroxyl groups is 1. The second-order valence-electron chi connectivity index (χ2n) is 5.09. The molecular formula is C17H12N4O2. The topological polar surface area (TPSA) is 83.8 Å². The quantitative estimate of drug-likeness (QED) is 0.596. The summed E-state index contributed by atoms with van der Waals surface area (Å²) in [6, 6.07) is 16.1. The monoisotopic (exact) mass is 304 g/mol. The first-order chi connectivity index (χ1) is 11.2. The second kappa shape index (κ2) is 5.10. The van der Waals surface area contributed by atoms with E-state index in [9.17, 15) is 9.90 Å². The summed E-state index contributed by atoms with van der Waals surface area (Å²) in [6.07, 6.45) is 1.50. The van der Waals surface area contributed by atoms with Crippen LogP contribution >= 0.6 is 0 Å². The van der Waals surface area contributed by atoms with Crippen LogP contribution in [0.2, 0.25) is 0 Å². The molecule has 2 N–H and O–H groups in total. The van der Waals surface area contributed by atoms with Crippen LogP contribution in [0.15, 0.2) is 65.6 Å². The standard InChI is InChI=1S/C17H12N4O2/c22-13-8-4-5-11(9-13)15-19-16-14(17(23)20-15)10-18-21(16)12-6-2-1-3-7-12/h1-10,22H,(H,19,20,23). The van der Waals surface area contributed by atoms with Gasteiger partial charge in [-0.1, -0.05) is 30.3 Å². The van der Waals surface area contributed by atoms with Crippen LogP contribution in [0, 0.1) is 0 Å². The number of para-hydroxylation sites is 1. The Morgan fingerprint density at radius 1 is 1.04 bits per heavy atom. The molecule has 0 amide bonds. The number of H-pyrrole nitrogens is 1. The minimum Gasteiger partial charge on any atom is -0.508 e. The van der Waals surface area contributed by atoms with Crippen molar-refractivity contribution >= 4 is 11.0 Å². The molecule has 6 heteroatoms. The third-order valence-corrected chi connectivity index (χ3v) is 3.56. The second-order valence-corrected chi connectivity index (χ2v) is 5.09. The molecule has 0 aliphatic rings. The van der Waals surface area contributed by atoms with Crippen LogP contribution in [0.25, 0.3) is 28.1 Å². The summed E-state index contributed by atoms with van der Waals surface area (Å²) in [6.45, 7) is 0. The summed E-state index contributed by atoms with van der Waals surface area (Å²) >= 11 is 0. The maximum atomic E-state index is 12.3. The molecule has 2 heterocycles. The van der Waals surface area contributed by atoms with Crippen LogP contribution < -0.4 is 5.56 Å². The fourth-order valence-corrected chi connectivity index (χ4v) is 2.47. The van der Waals surface area contributed by atoms with Gasteiger partial charge in [0.25, 0.3) is 5.56 Å². The van der Waals surface area contributed by atoms with Gasteiger partial charge in [0.05, 0.1) is 11.9 Å². The Balaban J connectivity index is 1.98. The summed E-state index contributed by atoms with van der Waals surface area (Å²) in [5, 5.41) is 14.3. The first-order valence-corrected chi connectivity index (χ1v) is 7.05. The number of phenolic OH excluding ortho intramolecular Hbond substituents is 1. The normalized spacial score (nSPS) is 11.0. The molecule has 112 valence electrons. The van der Waals surface area contributed by atoms with E-state index in [1.807, 2.05) is 30.3 Å². The lowest BCUT2D eigenvalue weighted by molar-refractivity contribution is 0.475. The highest BCUT2D eigenvalue weighted by Crippen LogP contribution is 2.21. The van der Waals surface area contributed by atoms with Crippen molar-refractivity contribution in [3.8, 4) is 22.8 Å². The molecule has 0 atom stereocenters. The number of hydrogen-bond donors (Lipinski definition) is 2. The van der Waals surface area contributed by atoms with Gasteiger partial charge in [0, 0.05) is 5.56 Å². The average Bonchev–Trinajstić information content (AvgIpc) is 3.00. The fourth-order valence-electron chi connectivity index (χ4n) is 2.47. The van der Waals surface area contributed by atoms with Gasteiger partial charge in [-0.15, -0.1) is 0 Å². The molecule has 2 aromatic heterocycles. The Morgan fingerprint density at radius 3 is 2.65 bits per heavy atom. The highest BCUT2D eigenvalue weighted by atomic mass is 16.3. The lowest BCUT2D eigenvalue weighted by Crippen LogP contribution is -2.10. The van der Waals surface area contributed by atoms with Gasteiger partial charge in [-0.25, -0.2) is 9.67 Å². The van der Waals surface area contributed by atoms with Crippen molar-refractivity contribution in [1.82, 2.24) is 19.7 Å². The van der Waals surface area contributed by atoms with Crippen LogP contribution in [-0.4, -0.2) is 24.9 Å². The van der Waals surface area contributed by atoms with Gasteiger partial charge in [-0.3, -0.25) is 4.79 Å². The Hall–Kier alpha value is -3.41. The van der Waals surface area contributed by atoms with Gasteiger partial charge >= 0.3 is 0 Å². The van der Waals surface area contributed by atoms with Gasteiger partial charge in [-0.2, -0.15) is 5.10 Å². The van der Waals surface area contributed by atoms with Crippen molar-refractivity contribution < 1.29 is 5.11 Å².